The highest BCUT2D eigenvalue weighted by atomic mass is 16.3. The first-order valence-corrected chi connectivity index (χ1v) is 10.4. The summed E-state index contributed by atoms with van der Waals surface area (Å²) < 4.78 is 5.86. The van der Waals surface area contributed by atoms with Gasteiger partial charge in [0.2, 0.25) is 5.91 Å². The van der Waals surface area contributed by atoms with E-state index in [4.69, 9.17) is 4.42 Å². The molecule has 1 aliphatic heterocycles. The maximum atomic E-state index is 12.5. The molecule has 1 atom stereocenters. The van der Waals surface area contributed by atoms with Crippen molar-refractivity contribution in [2.45, 2.75) is 19.4 Å². The van der Waals surface area contributed by atoms with Crippen LogP contribution in [-0.4, -0.2) is 55.0 Å². The summed E-state index contributed by atoms with van der Waals surface area (Å²) in [7, 11) is 0. The average molecular weight is 392 g/mol. The molecule has 5 nitrogen and oxygen atoms in total. The molecule has 1 aromatic heterocycles. The lowest BCUT2D eigenvalue weighted by Crippen LogP contribution is -2.49. The minimum absolute atomic E-state index is 0.0516. The lowest BCUT2D eigenvalue weighted by atomic mass is 10.1. The van der Waals surface area contributed by atoms with E-state index in [0.29, 0.717) is 6.54 Å². The van der Waals surface area contributed by atoms with Crippen molar-refractivity contribution in [2.75, 3.05) is 39.3 Å². The van der Waals surface area contributed by atoms with E-state index in [1.807, 2.05) is 37.3 Å². The molecule has 1 saturated heterocycles. The van der Waals surface area contributed by atoms with E-state index in [1.165, 1.54) is 5.56 Å². The Hall–Kier alpha value is -2.63. The molecule has 4 rings (SSSR count). The van der Waals surface area contributed by atoms with Crippen molar-refractivity contribution < 1.29 is 9.21 Å². The summed E-state index contributed by atoms with van der Waals surface area (Å²) in [6.07, 6.45) is 1.08. The quantitative estimate of drug-likeness (QED) is 0.670. The number of carbonyl (C=O) groups excluding carboxylic acids is 1. The second kappa shape index (κ2) is 9.25. The van der Waals surface area contributed by atoms with Gasteiger partial charge >= 0.3 is 0 Å². The zero-order valence-corrected chi connectivity index (χ0v) is 17.0. The molecule has 152 valence electrons. The number of nitrogens with one attached hydrogen (secondary N) is 1. The van der Waals surface area contributed by atoms with E-state index in [1.54, 1.807) is 0 Å². The summed E-state index contributed by atoms with van der Waals surface area (Å²) in [5.74, 6) is 0.848. The van der Waals surface area contributed by atoms with E-state index in [2.05, 4.69) is 45.4 Å². The van der Waals surface area contributed by atoms with Gasteiger partial charge in [0, 0.05) is 38.1 Å². The average Bonchev–Trinajstić information content (AvgIpc) is 3.18. The third-order valence-electron chi connectivity index (χ3n) is 5.64. The van der Waals surface area contributed by atoms with Gasteiger partial charge in [-0.2, -0.15) is 0 Å². The Labute approximate surface area is 172 Å². The third-order valence-corrected chi connectivity index (χ3v) is 5.64. The SMILES string of the molecule is CC(NC(=O)CN1CCN(CCc2ccccc2)CC1)c1cc2ccccc2o1. The van der Waals surface area contributed by atoms with Crippen molar-refractivity contribution in [3.63, 3.8) is 0 Å². The van der Waals surface area contributed by atoms with Crippen LogP contribution < -0.4 is 5.32 Å². The Morgan fingerprint density at radius 2 is 1.69 bits per heavy atom. The Bertz CT molecular complexity index is 896. The molecule has 2 heterocycles. The molecule has 1 amide bonds. The maximum absolute atomic E-state index is 12.5. The number of carbonyl (C=O) groups is 1. The Balaban J connectivity index is 1.20. The van der Waals surface area contributed by atoms with Gasteiger partial charge in [-0.25, -0.2) is 0 Å². The number of fused-ring (bicyclic) bond motifs is 1. The molecule has 1 N–H and O–H groups in total. The highest BCUT2D eigenvalue weighted by molar-refractivity contribution is 5.80. The number of rotatable bonds is 7. The summed E-state index contributed by atoms with van der Waals surface area (Å²) in [5.41, 5.74) is 2.24. The fraction of sp³-hybridized carbons (Fsp3) is 0.375. The number of hydrogen-bond donors (Lipinski definition) is 1. The van der Waals surface area contributed by atoms with Crippen LogP contribution in [0.1, 0.15) is 24.3 Å². The molecule has 2 aromatic carbocycles. The first-order valence-electron chi connectivity index (χ1n) is 10.4. The fourth-order valence-electron chi connectivity index (χ4n) is 3.88. The molecule has 29 heavy (non-hydrogen) atoms. The van der Waals surface area contributed by atoms with Gasteiger partial charge < -0.3 is 14.6 Å². The smallest absolute Gasteiger partial charge is 0.234 e. The summed E-state index contributed by atoms with van der Waals surface area (Å²) in [4.78, 5) is 17.2. The summed E-state index contributed by atoms with van der Waals surface area (Å²) >= 11 is 0. The van der Waals surface area contributed by atoms with Gasteiger partial charge in [-0.15, -0.1) is 0 Å². The number of hydrogen-bond acceptors (Lipinski definition) is 4. The lowest BCUT2D eigenvalue weighted by Gasteiger charge is -2.34. The normalized spacial score (nSPS) is 16.7. The van der Waals surface area contributed by atoms with Crippen molar-refractivity contribution in [2.24, 2.45) is 0 Å². The predicted molar refractivity (Wildman–Crippen MR) is 116 cm³/mol. The molecular weight excluding hydrogens is 362 g/mol. The van der Waals surface area contributed by atoms with Crippen molar-refractivity contribution in [3.05, 3.63) is 72.0 Å². The van der Waals surface area contributed by atoms with Gasteiger partial charge in [0.15, 0.2) is 0 Å². The van der Waals surface area contributed by atoms with Gasteiger partial charge in [-0.3, -0.25) is 9.69 Å². The lowest BCUT2D eigenvalue weighted by molar-refractivity contribution is -0.123. The summed E-state index contributed by atoms with van der Waals surface area (Å²) in [6, 6.07) is 20.4. The van der Waals surface area contributed by atoms with Crippen LogP contribution in [0, 0.1) is 0 Å². The topological polar surface area (TPSA) is 48.7 Å². The second-order valence-electron chi connectivity index (χ2n) is 7.83. The number of benzene rings is 2. The first kappa shape index (κ1) is 19.7. The van der Waals surface area contributed by atoms with Crippen LogP contribution in [-0.2, 0) is 11.2 Å². The molecule has 0 spiro atoms. The van der Waals surface area contributed by atoms with Crippen LogP contribution >= 0.6 is 0 Å². The van der Waals surface area contributed by atoms with Gasteiger partial charge in [0.25, 0.3) is 0 Å². The van der Waals surface area contributed by atoms with Crippen LogP contribution in [0.2, 0.25) is 0 Å². The van der Waals surface area contributed by atoms with Gasteiger partial charge in [0.05, 0.1) is 12.6 Å². The molecule has 1 unspecified atom stereocenters. The van der Waals surface area contributed by atoms with Crippen molar-refractivity contribution >= 4 is 16.9 Å². The Morgan fingerprint density at radius 3 is 2.45 bits per heavy atom. The van der Waals surface area contributed by atoms with Crippen LogP contribution in [0.4, 0.5) is 0 Å². The molecule has 3 aromatic rings. The number of nitrogens with zero attached hydrogens (tertiary/aromatic N) is 2. The zero-order chi connectivity index (χ0) is 20.1. The van der Waals surface area contributed by atoms with E-state index in [9.17, 15) is 4.79 Å². The fourth-order valence-corrected chi connectivity index (χ4v) is 3.88. The van der Waals surface area contributed by atoms with Gasteiger partial charge in [-0.1, -0.05) is 48.5 Å². The highest BCUT2D eigenvalue weighted by Crippen LogP contribution is 2.23. The number of para-hydroxylation sites is 1. The maximum Gasteiger partial charge on any atom is 0.234 e. The number of amides is 1. The van der Waals surface area contributed by atoms with E-state index in [0.717, 1.165) is 55.9 Å². The van der Waals surface area contributed by atoms with E-state index in [-0.39, 0.29) is 11.9 Å². The van der Waals surface area contributed by atoms with Crippen LogP contribution in [0.25, 0.3) is 11.0 Å². The first-order chi connectivity index (χ1) is 14.2. The molecule has 0 bridgehead atoms. The van der Waals surface area contributed by atoms with Crippen LogP contribution in [0.15, 0.2) is 65.1 Å². The van der Waals surface area contributed by atoms with Gasteiger partial charge in [0.1, 0.15) is 11.3 Å². The van der Waals surface area contributed by atoms with Crippen molar-refractivity contribution in [1.82, 2.24) is 15.1 Å². The highest BCUT2D eigenvalue weighted by Gasteiger charge is 2.20. The molecule has 1 fully saturated rings. The molecule has 1 aliphatic rings. The molecule has 0 aliphatic carbocycles. The molecule has 5 heteroatoms. The van der Waals surface area contributed by atoms with Crippen LogP contribution in [0.3, 0.4) is 0 Å². The second-order valence-corrected chi connectivity index (χ2v) is 7.83. The molecular formula is C24H29N3O2. The largest absolute Gasteiger partial charge is 0.459 e. The molecule has 0 radical (unpaired) electrons. The molecule has 0 saturated carbocycles. The number of furan rings is 1. The minimum Gasteiger partial charge on any atom is -0.459 e. The van der Waals surface area contributed by atoms with E-state index < -0.39 is 0 Å². The number of piperazine rings is 1. The van der Waals surface area contributed by atoms with Crippen LogP contribution in [0.5, 0.6) is 0 Å². The monoisotopic (exact) mass is 391 g/mol. The Kier molecular flexibility index (Phi) is 6.27. The minimum atomic E-state index is -0.137. The predicted octanol–water partition coefficient (Wildman–Crippen LogP) is 3.47. The summed E-state index contributed by atoms with van der Waals surface area (Å²) in [5, 5.41) is 4.14. The van der Waals surface area contributed by atoms with Crippen molar-refractivity contribution in [1.29, 1.82) is 0 Å². The standard InChI is InChI=1S/C24H29N3O2/c1-19(23-17-21-9-5-6-10-22(21)29-23)25-24(28)18-27-15-13-26(14-16-27)12-11-20-7-3-2-4-8-20/h2-10,17,19H,11-16,18H2,1H3,(H,25,28). The van der Waals surface area contributed by atoms with Crippen molar-refractivity contribution in [3.8, 4) is 0 Å². The third kappa shape index (κ3) is 5.25. The Morgan fingerprint density at radius 1 is 1.00 bits per heavy atom. The zero-order valence-electron chi connectivity index (χ0n) is 17.0. The summed E-state index contributed by atoms with van der Waals surface area (Å²) in [6.45, 7) is 7.38. The van der Waals surface area contributed by atoms with Gasteiger partial charge in [-0.05, 0) is 31.0 Å². The van der Waals surface area contributed by atoms with E-state index >= 15 is 0 Å².